The second-order valence-electron chi connectivity index (χ2n) is 3.49. The highest BCUT2D eigenvalue weighted by Crippen LogP contribution is 2.28. The Morgan fingerprint density at radius 2 is 2.07 bits per heavy atom. The second kappa shape index (κ2) is 7.35. The molecule has 0 aliphatic heterocycles. The number of carbonyl (C=O) groups excluding carboxylic acids is 1. The van der Waals surface area contributed by atoms with Gasteiger partial charge in [-0.2, -0.15) is 8.78 Å². The van der Waals surface area contributed by atoms with Crippen molar-refractivity contribution in [1.29, 1.82) is 0 Å². The highest BCUT2D eigenvalue weighted by molar-refractivity contribution is 14.1. The lowest BCUT2D eigenvalue weighted by molar-refractivity contribution is -0.169. The van der Waals surface area contributed by atoms with Crippen LogP contribution < -0.4 is 0 Å². The summed E-state index contributed by atoms with van der Waals surface area (Å²) in [5.74, 6) is -4.77. The third kappa shape index (κ3) is 6.27. The number of ether oxygens (including phenoxy) is 1. The topological polar surface area (TPSA) is 26.3 Å². The molecule has 0 fully saturated rings. The number of hydrogen-bond acceptors (Lipinski definition) is 2. The zero-order valence-corrected chi connectivity index (χ0v) is 11.2. The van der Waals surface area contributed by atoms with Crippen LogP contribution in [0.1, 0.15) is 39.0 Å². The smallest absolute Gasteiger partial charge is 0.376 e. The molecule has 0 aromatic carbocycles. The normalized spacial score (nSPS) is 13.7. The molecule has 0 aliphatic rings. The van der Waals surface area contributed by atoms with Crippen LogP contribution in [-0.2, 0) is 9.53 Å². The van der Waals surface area contributed by atoms with E-state index in [1.807, 2.05) is 22.6 Å². The molecule has 0 saturated heterocycles. The third-order valence-electron chi connectivity index (χ3n) is 2.08. The minimum atomic E-state index is -3.34. The lowest BCUT2D eigenvalue weighted by Gasteiger charge is -2.17. The lowest BCUT2D eigenvalue weighted by atomic mass is 10.1. The quantitative estimate of drug-likeness (QED) is 0.308. The van der Waals surface area contributed by atoms with Gasteiger partial charge in [-0.25, -0.2) is 4.79 Å². The fourth-order valence-electron chi connectivity index (χ4n) is 1.23. The number of rotatable bonds is 7. The van der Waals surface area contributed by atoms with Gasteiger partial charge >= 0.3 is 11.9 Å². The molecule has 15 heavy (non-hydrogen) atoms. The summed E-state index contributed by atoms with van der Waals surface area (Å²) in [5, 5.41) is 0. The SMILES string of the molecule is CCCCCC(I)CC(F)(F)C(=O)OC. The van der Waals surface area contributed by atoms with Crippen molar-refractivity contribution in [2.45, 2.75) is 48.9 Å². The summed E-state index contributed by atoms with van der Waals surface area (Å²) in [4.78, 5) is 10.7. The van der Waals surface area contributed by atoms with Crippen LogP contribution in [0.2, 0.25) is 0 Å². The zero-order chi connectivity index (χ0) is 11.9. The van der Waals surface area contributed by atoms with Crippen LogP contribution in [0.3, 0.4) is 0 Å². The molecule has 0 radical (unpaired) electrons. The molecule has 0 N–H and O–H groups in total. The van der Waals surface area contributed by atoms with Crippen molar-refractivity contribution in [3.05, 3.63) is 0 Å². The van der Waals surface area contributed by atoms with E-state index in [0.717, 1.165) is 32.8 Å². The Bertz CT molecular complexity index is 198. The molecule has 1 unspecified atom stereocenters. The molecule has 0 aliphatic carbocycles. The van der Waals surface area contributed by atoms with E-state index >= 15 is 0 Å². The van der Waals surface area contributed by atoms with Crippen LogP contribution >= 0.6 is 22.6 Å². The van der Waals surface area contributed by atoms with Gasteiger partial charge in [-0.05, 0) is 6.42 Å². The number of hydrogen-bond donors (Lipinski definition) is 0. The Kier molecular flexibility index (Phi) is 7.38. The van der Waals surface area contributed by atoms with E-state index in [2.05, 4.69) is 11.7 Å². The van der Waals surface area contributed by atoms with Gasteiger partial charge in [0.25, 0.3) is 0 Å². The minimum absolute atomic E-state index is 0.178. The standard InChI is InChI=1S/C10H17F2IO2/c1-3-4-5-6-8(13)7-10(11,12)9(14)15-2/h8H,3-7H2,1-2H3. The number of halogens is 3. The van der Waals surface area contributed by atoms with E-state index in [9.17, 15) is 13.6 Å². The summed E-state index contributed by atoms with van der Waals surface area (Å²) in [6.07, 6.45) is 3.34. The molecule has 90 valence electrons. The van der Waals surface area contributed by atoms with Crippen LogP contribution in [-0.4, -0.2) is 22.9 Å². The molecular formula is C10H17F2IO2. The van der Waals surface area contributed by atoms with Crippen molar-refractivity contribution in [3.63, 3.8) is 0 Å². The highest BCUT2D eigenvalue weighted by Gasteiger charge is 2.41. The van der Waals surface area contributed by atoms with E-state index in [4.69, 9.17) is 0 Å². The number of esters is 1. The fourth-order valence-corrected chi connectivity index (χ4v) is 2.22. The maximum absolute atomic E-state index is 13.1. The Balaban J connectivity index is 3.93. The van der Waals surface area contributed by atoms with Gasteiger partial charge in [-0.15, -0.1) is 0 Å². The van der Waals surface area contributed by atoms with Crippen LogP contribution in [0, 0.1) is 0 Å². The average Bonchev–Trinajstić information content (AvgIpc) is 2.16. The van der Waals surface area contributed by atoms with E-state index in [-0.39, 0.29) is 3.92 Å². The van der Waals surface area contributed by atoms with E-state index in [1.54, 1.807) is 0 Å². The molecule has 0 aromatic rings. The second-order valence-corrected chi connectivity index (χ2v) is 5.25. The van der Waals surface area contributed by atoms with Crippen molar-refractivity contribution in [2.75, 3.05) is 7.11 Å². The molecule has 0 aromatic heterocycles. The van der Waals surface area contributed by atoms with E-state index in [0.29, 0.717) is 0 Å². The van der Waals surface area contributed by atoms with E-state index < -0.39 is 18.3 Å². The number of unbranched alkanes of at least 4 members (excludes halogenated alkanes) is 2. The van der Waals surface area contributed by atoms with E-state index in [1.165, 1.54) is 0 Å². The predicted octanol–water partition coefficient (Wildman–Crippen LogP) is 3.57. The van der Waals surface area contributed by atoms with Crippen molar-refractivity contribution < 1.29 is 18.3 Å². The minimum Gasteiger partial charge on any atom is -0.465 e. The first-order valence-electron chi connectivity index (χ1n) is 5.04. The summed E-state index contributed by atoms with van der Waals surface area (Å²) in [7, 11) is 0.982. The molecule has 0 saturated carbocycles. The number of alkyl halides is 3. The summed E-state index contributed by atoms with van der Waals surface area (Å²) < 4.78 is 30.1. The van der Waals surface area contributed by atoms with Gasteiger partial charge < -0.3 is 4.74 Å². The molecule has 0 heterocycles. The summed E-state index contributed by atoms with van der Waals surface area (Å²) in [5.41, 5.74) is 0. The summed E-state index contributed by atoms with van der Waals surface area (Å²) >= 11 is 1.97. The van der Waals surface area contributed by atoms with Gasteiger partial charge in [-0.1, -0.05) is 48.8 Å². The molecule has 0 rings (SSSR count). The fraction of sp³-hybridized carbons (Fsp3) is 0.900. The van der Waals surface area contributed by atoms with Crippen molar-refractivity contribution >= 4 is 28.6 Å². The Morgan fingerprint density at radius 3 is 2.53 bits per heavy atom. The van der Waals surface area contributed by atoms with Gasteiger partial charge in [0.2, 0.25) is 0 Å². The first-order chi connectivity index (χ1) is 6.94. The Morgan fingerprint density at radius 1 is 1.47 bits per heavy atom. The van der Waals surface area contributed by atoms with Gasteiger partial charge in [0.15, 0.2) is 0 Å². The average molecular weight is 334 g/mol. The maximum Gasteiger partial charge on any atom is 0.376 e. The van der Waals surface area contributed by atoms with Crippen molar-refractivity contribution in [1.82, 2.24) is 0 Å². The monoisotopic (exact) mass is 334 g/mol. The van der Waals surface area contributed by atoms with Gasteiger partial charge in [0.1, 0.15) is 0 Å². The third-order valence-corrected chi connectivity index (χ3v) is 3.15. The summed E-state index contributed by atoms with van der Waals surface area (Å²) in [6.45, 7) is 2.06. The molecule has 0 spiro atoms. The van der Waals surface area contributed by atoms with Crippen LogP contribution in [0.15, 0.2) is 0 Å². The van der Waals surface area contributed by atoms with Crippen LogP contribution in [0.25, 0.3) is 0 Å². The van der Waals surface area contributed by atoms with Gasteiger partial charge in [0.05, 0.1) is 7.11 Å². The van der Waals surface area contributed by atoms with Crippen molar-refractivity contribution in [3.8, 4) is 0 Å². The molecule has 1 atom stereocenters. The van der Waals surface area contributed by atoms with Crippen LogP contribution in [0.5, 0.6) is 0 Å². The molecule has 2 nitrogen and oxygen atoms in total. The zero-order valence-electron chi connectivity index (χ0n) is 9.06. The van der Waals surface area contributed by atoms with Gasteiger partial charge in [0, 0.05) is 10.3 Å². The Labute approximate surface area is 103 Å². The van der Waals surface area contributed by atoms with Gasteiger partial charge in [-0.3, -0.25) is 0 Å². The van der Waals surface area contributed by atoms with Crippen molar-refractivity contribution in [2.24, 2.45) is 0 Å². The molecular weight excluding hydrogens is 317 g/mol. The highest BCUT2D eigenvalue weighted by atomic mass is 127. The largest absolute Gasteiger partial charge is 0.465 e. The molecule has 0 bridgehead atoms. The number of methoxy groups -OCH3 is 1. The number of carbonyl (C=O) groups is 1. The molecule has 0 amide bonds. The predicted molar refractivity (Wildman–Crippen MR) is 63.5 cm³/mol. The summed E-state index contributed by atoms with van der Waals surface area (Å²) in [6, 6.07) is 0. The Hall–Kier alpha value is 0.0600. The van der Waals surface area contributed by atoms with Crippen LogP contribution in [0.4, 0.5) is 8.78 Å². The maximum atomic E-state index is 13.1. The first-order valence-corrected chi connectivity index (χ1v) is 6.29. The lowest BCUT2D eigenvalue weighted by Crippen LogP contribution is -2.32. The molecule has 5 heteroatoms. The first kappa shape index (κ1) is 15.1.